The highest BCUT2D eigenvalue weighted by atomic mass is 79.9. The van der Waals surface area contributed by atoms with Crippen LogP contribution in [0.5, 0.6) is 0 Å². The Kier molecular flexibility index (Phi) is 3.68. The summed E-state index contributed by atoms with van der Waals surface area (Å²) in [4.78, 5) is 36.8. The number of benzene rings is 2. The molecule has 2 heterocycles. The lowest BCUT2D eigenvalue weighted by atomic mass is 9.94. The molecule has 0 saturated heterocycles. The van der Waals surface area contributed by atoms with E-state index in [0.29, 0.717) is 31.5 Å². The van der Waals surface area contributed by atoms with Crippen LogP contribution in [-0.2, 0) is 7.05 Å². The molecule has 130 valence electrons. The van der Waals surface area contributed by atoms with E-state index >= 15 is 0 Å². The number of aromatic nitrogens is 1. The number of hydrogen-bond donors (Lipinski definition) is 2. The summed E-state index contributed by atoms with van der Waals surface area (Å²) >= 11 is 9.68. The van der Waals surface area contributed by atoms with Gasteiger partial charge in [-0.1, -0.05) is 29.8 Å². The van der Waals surface area contributed by atoms with E-state index in [0.717, 1.165) is 0 Å². The number of fused-ring (bicyclic) bond motifs is 3. The summed E-state index contributed by atoms with van der Waals surface area (Å²) in [7, 11) is 1.67. The number of rotatable bonds is 2. The fourth-order valence-electron chi connectivity index (χ4n) is 3.40. The Bertz CT molecular complexity index is 1170. The Labute approximate surface area is 161 Å². The Balaban J connectivity index is 2.23. The van der Waals surface area contributed by atoms with Crippen molar-refractivity contribution in [2.75, 3.05) is 0 Å². The number of amides is 3. The number of hydrogen-bond acceptors (Lipinski definition) is 3. The van der Waals surface area contributed by atoms with Crippen LogP contribution < -0.4 is 11.1 Å². The van der Waals surface area contributed by atoms with Crippen LogP contribution >= 0.6 is 27.5 Å². The first-order valence-corrected chi connectivity index (χ1v) is 8.75. The van der Waals surface area contributed by atoms with Gasteiger partial charge in [0.25, 0.3) is 17.7 Å². The molecule has 0 atom stereocenters. The zero-order chi connectivity index (χ0) is 18.7. The monoisotopic (exact) mass is 431 g/mol. The molecule has 0 aliphatic carbocycles. The van der Waals surface area contributed by atoms with Crippen LogP contribution in [-0.4, -0.2) is 22.3 Å². The molecule has 2 aromatic carbocycles. The highest BCUT2D eigenvalue weighted by Gasteiger charge is 2.35. The van der Waals surface area contributed by atoms with Gasteiger partial charge < -0.3 is 10.3 Å². The van der Waals surface area contributed by atoms with E-state index in [4.69, 9.17) is 17.3 Å². The number of nitrogens with two attached hydrogens (primary N) is 1. The Morgan fingerprint density at radius 1 is 1.15 bits per heavy atom. The van der Waals surface area contributed by atoms with Gasteiger partial charge in [0.15, 0.2) is 0 Å². The van der Waals surface area contributed by atoms with Crippen LogP contribution in [0, 0.1) is 0 Å². The average Bonchev–Trinajstić information content (AvgIpc) is 3.01. The lowest BCUT2D eigenvalue weighted by Gasteiger charge is -2.10. The van der Waals surface area contributed by atoms with Crippen molar-refractivity contribution < 1.29 is 14.4 Å². The van der Waals surface area contributed by atoms with Crippen LogP contribution in [0.3, 0.4) is 0 Å². The summed E-state index contributed by atoms with van der Waals surface area (Å²) in [6.45, 7) is 0. The van der Waals surface area contributed by atoms with Gasteiger partial charge in [-0.3, -0.25) is 19.7 Å². The van der Waals surface area contributed by atoms with E-state index in [1.807, 2.05) is 0 Å². The van der Waals surface area contributed by atoms with Crippen LogP contribution in [0.4, 0.5) is 0 Å². The molecule has 1 aliphatic rings. The van der Waals surface area contributed by atoms with Crippen molar-refractivity contribution in [2.45, 2.75) is 0 Å². The highest BCUT2D eigenvalue weighted by Crippen LogP contribution is 2.42. The molecule has 3 N–H and O–H groups in total. The third kappa shape index (κ3) is 2.14. The zero-order valence-corrected chi connectivity index (χ0v) is 15.7. The number of nitrogens with one attached hydrogen (secondary N) is 1. The molecule has 1 aliphatic heterocycles. The summed E-state index contributed by atoms with van der Waals surface area (Å²) in [6.07, 6.45) is 0. The van der Waals surface area contributed by atoms with E-state index in [9.17, 15) is 14.4 Å². The molecule has 0 bridgehead atoms. The number of aryl methyl sites for hydroxylation is 1. The summed E-state index contributed by atoms with van der Waals surface area (Å²) in [5.41, 5.74) is 7.86. The van der Waals surface area contributed by atoms with Gasteiger partial charge in [0.1, 0.15) is 5.69 Å². The van der Waals surface area contributed by atoms with E-state index in [2.05, 4.69) is 21.2 Å². The van der Waals surface area contributed by atoms with Gasteiger partial charge in [0, 0.05) is 23.0 Å². The summed E-state index contributed by atoms with van der Waals surface area (Å²) in [6, 6.07) is 8.79. The standard InChI is InChI=1S/C18H11BrClN3O3/c1-23-10-6-8(7-4-2-3-5-9(7)20)11-13(18(26)22-17(11)25)12(10)14(19)15(23)16(21)24/h2-6H,1H3,(H2,21,24)(H,22,25,26). The second kappa shape index (κ2) is 5.69. The summed E-state index contributed by atoms with van der Waals surface area (Å²) in [5, 5.41) is 3.24. The lowest BCUT2D eigenvalue weighted by Crippen LogP contribution is -2.20. The molecule has 1 aromatic heterocycles. The molecule has 4 rings (SSSR count). The van der Waals surface area contributed by atoms with Crippen molar-refractivity contribution in [2.24, 2.45) is 12.8 Å². The first-order valence-electron chi connectivity index (χ1n) is 7.58. The molecule has 6 nitrogen and oxygen atoms in total. The van der Waals surface area contributed by atoms with Gasteiger partial charge in [-0.25, -0.2) is 0 Å². The maximum absolute atomic E-state index is 12.5. The largest absolute Gasteiger partial charge is 0.364 e. The SMILES string of the molecule is Cn1c(C(N)=O)c(Br)c2c3c(c(-c4ccccc4Cl)cc21)C(=O)NC3=O. The maximum Gasteiger partial charge on any atom is 0.266 e. The van der Waals surface area contributed by atoms with Crippen molar-refractivity contribution >= 4 is 56.2 Å². The number of nitrogens with zero attached hydrogens (tertiary/aromatic N) is 1. The molecule has 0 radical (unpaired) electrons. The van der Waals surface area contributed by atoms with Crippen LogP contribution in [0.2, 0.25) is 5.02 Å². The van der Waals surface area contributed by atoms with E-state index in [-0.39, 0.29) is 16.8 Å². The van der Waals surface area contributed by atoms with Crippen molar-refractivity contribution in [1.29, 1.82) is 0 Å². The molecular formula is C18H11BrClN3O3. The topological polar surface area (TPSA) is 94.2 Å². The number of imide groups is 1. The molecule has 26 heavy (non-hydrogen) atoms. The van der Waals surface area contributed by atoms with Crippen LogP contribution in [0.1, 0.15) is 31.2 Å². The second-order valence-electron chi connectivity index (χ2n) is 5.92. The first-order chi connectivity index (χ1) is 12.3. The molecule has 0 fully saturated rings. The predicted molar refractivity (Wildman–Crippen MR) is 101 cm³/mol. The summed E-state index contributed by atoms with van der Waals surface area (Å²) in [5.74, 6) is -1.67. The first kappa shape index (κ1) is 16.8. The van der Waals surface area contributed by atoms with Gasteiger partial charge in [0.2, 0.25) is 0 Å². The number of carbonyl (C=O) groups excluding carboxylic acids is 3. The molecule has 0 unspecified atom stereocenters. The maximum atomic E-state index is 12.5. The molecule has 8 heteroatoms. The van der Waals surface area contributed by atoms with E-state index in [1.165, 1.54) is 0 Å². The number of primary amides is 1. The predicted octanol–water partition coefficient (Wildman–Crippen LogP) is 3.24. The third-order valence-electron chi connectivity index (χ3n) is 4.51. The van der Waals surface area contributed by atoms with Crippen molar-refractivity contribution in [3.63, 3.8) is 0 Å². The smallest absolute Gasteiger partial charge is 0.266 e. The number of carbonyl (C=O) groups is 3. The molecule has 0 saturated carbocycles. The average molecular weight is 433 g/mol. The molecule has 3 aromatic rings. The fraction of sp³-hybridized carbons (Fsp3) is 0.0556. The molecular weight excluding hydrogens is 422 g/mol. The lowest BCUT2D eigenvalue weighted by molar-refractivity contribution is 0.0879. The third-order valence-corrected chi connectivity index (χ3v) is 5.61. The van der Waals surface area contributed by atoms with Gasteiger partial charge in [-0.05, 0) is 33.6 Å². The Morgan fingerprint density at radius 2 is 1.81 bits per heavy atom. The van der Waals surface area contributed by atoms with Gasteiger partial charge in [0.05, 0.1) is 21.1 Å². The van der Waals surface area contributed by atoms with Crippen molar-refractivity contribution in [3.8, 4) is 11.1 Å². The fourth-order valence-corrected chi connectivity index (χ4v) is 4.50. The quantitative estimate of drug-likeness (QED) is 0.609. The van der Waals surface area contributed by atoms with Gasteiger partial charge >= 0.3 is 0 Å². The minimum absolute atomic E-state index is 0.206. The second-order valence-corrected chi connectivity index (χ2v) is 7.12. The minimum Gasteiger partial charge on any atom is -0.364 e. The Hall–Kier alpha value is -2.64. The zero-order valence-electron chi connectivity index (χ0n) is 13.4. The molecule has 3 amide bonds. The van der Waals surface area contributed by atoms with Crippen LogP contribution in [0.25, 0.3) is 22.0 Å². The summed E-state index contributed by atoms with van der Waals surface area (Å²) < 4.78 is 1.98. The number of halogens is 2. The Morgan fingerprint density at radius 3 is 2.46 bits per heavy atom. The molecule has 0 spiro atoms. The van der Waals surface area contributed by atoms with Gasteiger partial charge in [-0.2, -0.15) is 0 Å². The van der Waals surface area contributed by atoms with Gasteiger partial charge in [-0.15, -0.1) is 0 Å². The highest BCUT2D eigenvalue weighted by molar-refractivity contribution is 9.10. The normalized spacial score (nSPS) is 13.2. The van der Waals surface area contributed by atoms with E-state index < -0.39 is 17.7 Å². The van der Waals surface area contributed by atoms with Crippen LogP contribution in [0.15, 0.2) is 34.8 Å². The van der Waals surface area contributed by atoms with E-state index in [1.54, 1.807) is 41.9 Å². The van der Waals surface area contributed by atoms with Crippen molar-refractivity contribution in [3.05, 3.63) is 56.6 Å². The minimum atomic E-state index is -0.645. The van der Waals surface area contributed by atoms with Crippen molar-refractivity contribution in [1.82, 2.24) is 9.88 Å².